The first-order chi connectivity index (χ1) is 12.3. The summed E-state index contributed by atoms with van der Waals surface area (Å²) in [7, 11) is 0. The van der Waals surface area contributed by atoms with Gasteiger partial charge in [0.05, 0.1) is 0 Å². The first-order valence-electron chi connectivity index (χ1n) is 9.57. The Balaban J connectivity index is 1.69. The first-order valence-corrected chi connectivity index (χ1v) is 9.57. The Bertz CT molecular complexity index is 587. The van der Waals surface area contributed by atoms with Gasteiger partial charge in [0.25, 0.3) is 0 Å². The van der Waals surface area contributed by atoms with Gasteiger partial charge < -0.3 is 15.0 Å². The van der Waals surface area contributed by atoms with Crippen molar-refractivity contribution >= 4 is 12.0 Å². The second-order valence-corrected chi connectivity index (χ2v) is 8.13. The van der Waals surface area contributed by atoms with Crippen LogP contribution in [0, 0.1) is 5.92 Å². The van der Waals surface area contributed by atoms with Crippen LogP contribution in [0.5, 0.6) is 0 Å². The van der Waals surface area contributed by atoms with Gasteiger partial charge in [0.2, 0.25) is 5.91 Å². The monoisotopic (exact) mass is 360 g/mol. The molecule has 5 nitrogen and oxygen atoms in total. The Kier molecular flexibility index (Phi) is 7.06. The first kappa shape index (κ1) is 20.3. The molecule has 26 heavy (non-hydrogen) atoms. The molecule has 0 aromatic heterocycles. The molecule has 1 aromatic carbocycles. The highest BCUT2D eigenvalue weighted by Crippen LogP contribution is 2.21. The van der Waals surface area contributed by atoms with Crippen LogP contribution in [0.4, 0.5) is 4.79 Å². The topological polar surface area (TPSA) is 58.6 Å². The maximum absolute atomic E-state index is 12.4. The maximum Gasteiger partial charge on any atom is 0.410 e. The number of carbonyl (C=O) groups excluding carboxylic acids is 2. The van der Waals surface area contributed by atoms with Gasteiger partial charge in [0.1, 0.15) is 5.60 Å². The van der Waals surface area contributed by atoms with Crippen LogP contribution in [-0.4, -0.2) is 42.1 Å². The highest BCUT2D eigenvalue weighted by Gasteiger charge is 2.29. The summed E-state index contributed by atoms with van der Waals surface area (Å²) in [6.45, 7) is 9.60. The smallest absolute Gasteiger partial charge is 0.410 e. The summed E-state index contributed by atoms with van der Waals surface area (Å²) in [4.78, 5) is 26.2. The molecule has 1 atom stereocenters. The number of nitrogens with zero attached hydrogens (tertiary/aromatic N) is 1. The third kappa shape index (κ3) is 6.36. The van der Waals surface area contributed by atoms with Gasteiger partial charge in [-0.1, -0.05) is 37.3 Å². The number of ether oxygens (including phenoxy) is 1. The van der Waals surface area contributed by atoms with E-state index in [2.05, 4.69) is 24.4 Å². The summed E-state index contributed by atoms with van der Waals surface area (Å²) in [5, 5.41) is 3.06. The molecule has 1 heterocycles. The molecule has 1 N–H and O–H groups in total. The molecular weight excluding hydrogens is 328 g/mol. The van der Waals surface area contributed by atoms with Crippen LogP contribution >= 0.6 is 0 Å². The van der Waals surface area contributed by atoms with E-state index in [1.54, 1.807) is 4.90 Å². The number of amides is 2. The number of hydrogen-bond acceptors (Lipinski definition) is 3. The fraction of sp³-hybridized carbons (Fsp3) is 0.619. The number of likely N-dealkylation sites (tertiary alicyclic amines) is 1. The van der Waals surface area contributed by atoms with Crippen LogP contribution in [0.2, 0.25) is 0 Å². The van der Waals surface area contributed by atoms with E-state index < -0.39 is 5.60 Å². The van der Waals surface area contributed by atoms with Crippen molar-refractivity contribution in [3.05, 3.63) is 35.9 Å². The fourth-order valence-electron chi connectivity index (χ4n) is 3.16. The number of benzene rings is 1. The van der Waals surface area contributed by atoms with Gasteiger partial charge in [-0.3, -0.25) is 4.79 Å². The van der Waals surface area contributed by atoms with E-state index in [0.29, 0.717) is 38.4 Å². The lowest BCUT2D eigenvalue weighted by Gasteiger charge is -2.33. The van der Waals surface area contributed by atoms with Crippen LogP contribution in [0.25, 0.3) is 0 Å². The molecule has 1 saturated heterocycles. The summed E-state index contributed by atoms with van der Waals surface area (Å²) < 4.78 is 5.39. The number of nitrogens with one attached hydrogen (secondary N) is 1. The quantitative estimate of drug-likeness (QED) is 0.865. The number of carbonyl (C=O) groups is 2. The van der Waals surface area contributed by atoms with Crippen molar-refractivity contribution in [2.24, 2.45) is 5.92 Å². The largest absolute Gasteiger partial charge is 0.444 e. The predicted octanol–water partition coefficient (Wildman–Crippen LogP) is 3.94. The summed E-state index contributed by atoms with van der Waals surface area (Å²) in [6.07, 6.45) is 2.03. The van der Waals surface area contributed by atoms with Crippen LogP contribution in [0.3, 0.4) is 0 Å². The Morgan fingerprint density at radius 2 is 1.81 bits per heavy atom. The normalized spacial score (nSPS) is 16.8. The lowest BCUT2D eigenvalue weighted by molar-refractivity contribution is -0.126. The van der Waals surface area contributed by atoms with E-state index in [-0.39, 0.29) is 17.9 Å². The molecule has 1 aliphatic rings. The van der Waals surface area contributed by atoms with Gasteiger partial charge in [-0.05, 0) is 51.5 Å². The van der Waals surface area contributed by atoms with Crippen molar-refractivity contribution in [3.8, 4) is 0 Å². The highest BCUT2D eigenvalue weighted by molar-refractivity contribution is 5.79. The second kappa shape index (κ2) is 9.06. The summed E-state index contributed by atoms with van der Waals surface area (Å²) in [5.41, 5.74) is 0.813. The van der Waals surface area contributed by atoms with Gasteiger partial charge in [-0.25, -0.2) is 4.79 Å². The van der Waals surface area contributed by atoms with Crippen LogP contribution in [0.15, 0.2) is 30.3 Å². The SMILES string of the molecule is CC(CCNC(=O)C1CCN(C(=O)OC(C)(C)C)CC1)c1ccccc1. The average Bonchev–Trinajstić information content (AvgIpc) is 2.61. The minimum absolute atomic E-state index is 0.0132. The van der Waals surface area contributed by atoms with Crippen molar-refractivity contribution in [2.75, 3.05) is 19.6 Å². The Morgan fingerprint density at radius 3 is 2.38 bits per heavy atom. The van der Waals surface area contributed by atoms with Crippen LogP contribution in [-0.2, 0) is 9.53 Å². The Labute approximate surface area is 157 Å². The predicted molar refractivity (Wildman–Crippen MR) is 103 cm³/mol. The van der Waals surface area contributed by atoms with E-state index in [1.165, 1.54) is 5.56 Å². The van der Waals surface area contributed by atoms with Gasteiger partial charge >= 0.3 is 6.09 Å². The minimum Gasteiger partial charge on any atom is -0.444 e. The maximum atomic E-state index is 12.4. The van der Waals surface area contributed by atoms with Crippen molar-refractivity contribution in [1.82, 2.24) is 10.2 Å². The molecule has 2 rings (SSSR count). The van der Waals surface area contributed by atoms with Crippen molar-refractivity contribution < 1.29 is 14.3 Å². The molecule has 0 aliphatic carbocycles. The molecule has 5 heteroatoms. The number of hydrogen-bond donors (Lipinski definition) is 1. The van der Waals surface area contributed by atoms with E-state index in [9.17, 15) is 9.59 Å². The molecule has 1 aliphatic heterocycles. The van der Waals surface area contributed by atoms with Gasteiger partial charge in [0.15, 0.2) is 0 Å². The van der Waals surface area contributed by atoms with Crippen LogP contribution < -0.4 is 5.32 Å². The van der Waals surface area contributed by atoms with Crippen molar-refractivity contribution in [1.29, 1.82) is 0 Å². The third-order valence-electron chi connectivity index (χ3n) is 4.76. The average molecular weight is 360 g/mol. The molecule has 0 saturated carbocycles. The number of piperidine rings is 1. The molecular formula is C21H32N2O3. The highest BCUT2D eigenvalue weighted by atomic mass is 16.6. The van der Waals surface area contributed by atoms with Crippen molar-refractivity contribution in [2.45, 2.75) is 58.5 Å². The molecule has 0 radical (unpaired) electrons. The zero-order valence-electron chi connectivity index (χ0n) is 16.5. The standard InChI is InChI=1S/C21H32N2O3/c1-16(17-8-6-5-7-9-17)10-13-22-19(24)18-11-14-23(15-12-18)20(25)26-21(2,3)4/h5-9,16,18H,10-15H2,1-4H3,(H,22,24). The minimum atomic E-state index is -0.485. The summed E-state index contributed by atoms with van der Waals surface area (Å²) in [5.74, 6) is 0.514. The molecule has 1 aromatic rings. The van der Waals surface area contributed by atoms with E-state index in [1.807, 2.05) is 39.0 Å². The molecule has 0 bridgehead atoms. The molecule has 0 spiro atoms. The second-order valence-electron chi connectivity index (χ2n) is 8.13. The van der Waals surface area contributed by atoms with E-state index in [0.717, 1.165) is 6.42 Å². The summed E-state index contributed by atoms with van der Waals surface area (Å²) >= 11 is 0. The lowest BCUT2D eigenvalue weighted by atomic mass is 9.95. The molecule has 1 fully saturated rings. The molecule has 2 amide bonds. The van der Waals surface area contributed by atoms with Gasteiger partial charge in [-0.2, -0.15) is 0 Å². The lowest BCUT2D eigenvalue weighted by Crippen LogP contribution is -2.45. The van der Waals surface area contributed by atoms with E-state index in [4.69, 9.17) is 4.74 Å². The van der Waals surface area contributed by atoms with Crippen LogP contribution in [0.1, 0.15) is 58.4 Å². The van der Waals surface area contributed by atoms with Gasteiger partial charge in [-0.15, -0.1) is 0 Å². The zero-order chi connectivity index (χ0) is 19.2. The fourth-order valence-corrected chi connectivity index (χ4v) is 3.16. The molecule has 144 valence electrons. The summed E-state index contributed by atoms with van der Waals surface area (Å²) in [6, 6.07) is 10.4. The van der Waals surface area contributed by atoms with Gasteiger partial charge in [0, 0.05) is 25.6 Å². The number of rotatable bonds is 5. The molecule has 1 unspecified atom stereocenters. The Hall–Kier alpha value is -2.04. The Morgan fingerprint density at radius 1 is 1.19 bits per heavy atom. The van der Waals surface area contributed by atoms with Crippen molar-refractivity contribution in [3.63, 3.8) is 0 Å². The van der Waals surface area contributed by atoms with E-state index >= 15 is 0 Å². The zero-order valence-corrected chi connectivity index (χ0v) is 16.5. The third-order valence-corrected chi connectivity index (χ3v) is 4.76.